The van der Waals surface area contributed by atoms with Crippen molar-refractivity contribution in [1.82, 2.24) is 0 Å². The van der Waals surface area contributed by atoms with Crippen LogP contribution in [0.2, 0.25) is 0 Å². The number of carbonyl (C=O) groups excluding carboxylic acids is 2. The predicted octanol–water partition coefficient (Wildman–Crippen LogP) is 5.69. The van der Waals surface area contributed by atoms with Crippen molar-refractivity contribution in [2.45, 2.75) is 12.0 Å². The van der Waals surface area contributed by atoms with E-state index >= 15 is 0 Å². The second kappa shape index (κ2) is 11.6. The zero-order valence-corrected chi connectivity index (χ0v) is 23.1. The Kier molecular flexibility index (Phi) is 7.83. The van der Waals surface area contributed by atoms with Gasteiger partial charge in [0, 0.05) is 18.2 Å². The molecule has 4 aromatic carbocycles. The quantitative estimate of drug-likeness (QED) is 0.140. The third kappa shape index (κ3) is 5.04. The SMILES string of the molecule is C=CCOC(=O)C1(c2c(OC)cc(OC)cc2OC)COc2cc(OCc3ccc4ccccc4c3)ccc2C1=O. The maximum Gasteiger partial charge on any atom is 0.328 e. The second-order valence-corrected chi connectivity index (χ2v) is 9.45. The van der Waals surface area contributed by atoms with E-state index in [4.69, 9.17) is 28.4 Å². The number of methoxy groups -OCH3 is 3. The van der Waals surface area contributed by atoms with Gasteiger partial charge in [0.1, 0.15) is 48.6 Å². The molecule has 0 saturated carbocycles. The molecular weight excluding hydrogens is 524 g/mol. The Morgan fingerprint density at radius 3 is 2.32 bits per heavy atom. The van der Waals surface area contributed by atoms with Crippen LogP contribution in [0.5, 0.6) is 28.7 Å². The van der Waals surface area contributed by atoms with Crippen molar-refractivity contribution in [1.29, 1.82) is 0 Å². The molecule has 1 unspecified atom stereocenters. The normalized spacial score (nSPS) is 15.8. The van der Waals surface area contributed by atoms with Gasteiger partial charge in [0.25, 0.3) is 0 Å². The van der Waals surface area contributed by atoms with Crippen LogP contribution in [0.3, 0.4) is 0 Å². The Morgan fingerprint density at radius 2 is 1.63 bits per heavy atom. The minimum absolute atomic E-state index is 0.0942. The first-order valence-corrected chi connectivity index (χ1v) is 13.0. The number of ketones is 1. The molecule has 0 N–H and O–H groups in total. The minimum Gasteiger partial charge on any atom is -0.496 e. The molecule has 8 heteroatoms. The average molecular weight is 555 g/mol. The molecule has 0 amide bonds. The molecule has 0 aromatic heterocycles. The van der Waals surface area contributed by atoms with Crippen LogP contribution in [0.4, 0.5) is 0 Å². The standard InChI is InChI=1S/C33H30O8/c1-5-14-39-32(35)33(30-28(37-3)17-25(36-2)18-29(30)38-4)20-41-27-16-24(12-13-26(27)31(33)34)40-19-21-10-11-22-8-6-7-9-23(22)15-21/h5-13,15-18H,1,14,19-20H2,2-4H3. The van der Waals surface area contributed by atoms with Crippen molar-refractivity contribution in [3.8, 4) is 28.7 Å². The van der Waals surface area contributed by atoms with Gasteiger partial charge in [-0.15, -0.1) is 0 Å². The smallest absolute Gasteiger partial charge is 0.328 e. The molecule has 1 aliphatic rings. The summed E-state index contributed by atoms with van der Waals surface area (Å²) >= 11 is 0. The molecule has 0 bridgehead atoms. The van der Waals surface area contributed by atoms with E-state index in [0.717, 1.165) is 16.3 Å². The zero-order valence-electron chi connectivity index (χ0n) is 23.1. The second-order valence-electron chi connectivity index (χ2n) is 9.45. The largest absolute Gasteiger partial charge is 0.496 e. The Labute approximate surface area is 238 Å². The summed E-state index contributed by atoms with van der Waals surface area (Å²) < 4.78 is 34.1. The number of benzene rings is 4. The van der Waals surface area contributed by atoms with Gasteiger partial charge >= 0.3 is 5.97 Å². The lowest BCUT2D eigenvalue weighted by molar-refractivity contribution is -0.148. The zero-order chi connectivity index (χ0) is 29.0. The van der Waals surface area contributed by atoms with Gasteiger partial charge in [0.15, 0.2) is 11.2 Å². The molecule has 0 spiro atoms. The molecule has 210 valence electrons. The van der Waals surface area contributed by atoms with Gasteiger partial charge in [-0.05, 0) is 34.5 Å². The van der Waals surface area contributed by atoms with Gasteiger partial charge in [-0.2, -0.15) is 0 Å². The van der Waals surface area contributed by atoms with Crippen molar-refractivity contribution < 1.29 is 38.0 Å². The molecule has 5 rings (SSSR count). The van der Waals surface area contributed by atoms with Crippen molar-refractivity contribution in [2.24, 2.45) is 0 Å². The molecule has 41 heavy (non-hydrogen) atoms. The number of fused-ring (bicyclic) bond motifs is 2. The van der Waals surface area contributed by atoms with Crippen molar-refractivity contribution in [3.63, 3.8) is 0 Å². The first-order valence-electron chi connectivity index (χ1n) is 13.0. The summed E-state index contributed by atoms with van der Waals surface area (Å²) in [6.07, 6.45) is 1.43. The first-order chi connectivity index (χ1) is 19.9. The van der Waals surface area contributed by atoms with Crippen LogP contribution in [0.25, 0.3) is 10.8 Å². The van der Waals surface area contributed by atoms with Crippen LogP contribution >= 0.6 is 0 Å². The van der Waals surface area contributed by atoms with E-state index in [1.807, 2.05) is 18.2 Å². The Balaban J connectivity index is 1.50. The van der Waals surface area contributed by atoms with Gasteiger partial charge in [-0.1, -0.05) is 49.1 Å². The molecule has 0 fully saturated rings. The summed E-state index contributed by atoms with van der Waals surface area (Å²) in [5.74, 6) is 0.340. The van der Waals surface area contributed by atoms with E-state index < -0.39 is 17.2 Å². The lowest BCUT2D eigenvalue weighted by Crippen LogP contribution is -2.52. The topological polar surface area (TPSA) is 89.5 Å². The van der Waals surface area contributed by atoms with Crippen LogP contribution in [0.1, 0.15) is 21.5 Å². The number of hydrogen-bond donors (Lipinski definition) is 0. The summed E-state index contributed by atoms with van der Waals surface area (Å²) in [4.78, 5) is 27.9. The van der Waals surface area contributed by atoms with Crippen LogP contribution in [-0.2, 0) is 21.6 Å². The summed E-state index contributed by atoms with van der Waals surface area (Å²) in [6.45, 7) is 3.50. The maximum absolute atomic E-state index is 14.3. The summed E-state index contributed by atoms with van der Waals surface area (Å²) in [6, 6.07) is 22.3. The lowest BCUT2D eigenvalue weighted by Gasteiger charge is -2.36. The number of esters is 1. The maximum atomic E-state index is 14.3. The molecule has 0 saturated heterocycles. The Morgan fingerprint density at radius 1 is 0.902 bits per heavy atom. The van der Waals surface area contributed by atoms with Crippen molar-refractivity contribution >= 4 is 22.5 Å². The van der Waals surface area contributed by atoms with E-state index in [0.29, 0.717) is 23.9 Å². The van der Waals surface area contributed by atoms with Crippen molar-refractivity contribution in [3.05, 3.63) is 102 Å². The number of rotatable bonds is 10. The molecule has 1 aliphatic heterocycles. The molecule has 4 aromatic rings. The first kappa shape index (κ1) is 27.6. The number of Topliss-reactive ketones (excluding diaryl/α,β-unsaturated/α-hetero) is 1. The fourth-order valence-corrected chi connectivity index (χ4v) is 5.00. The highest BCUT2D eigenvalue weighted by Gasteiger charge is 2.56. The lowest BCUT2D eigenvalue weighted by atomic mass is 9.72. The highest BCUT2D eigenvalue weighted by Crippen LogP contribution is 2.48. The van der Waals surface area contributed by atoms with Gasteiger partial charge in [-0.3, -0.25) is 9.59 Å². The van der Waals surface area contributed by atoms with Crippen molar-refractivity contribution in [2.75, 3.05) is 34.5 Å². The van der Waals surface area contributed by atoms with Crippen LogP contribution in [0, 0.1) is 0 Å². The van der Waals surface area contributed by atoms with Crippen LogP contribution < -0.4 is 23.7 Å². The number of ether oxygens (including phenoxy) is 6. The van der Waals surface area contributed by atoms with Crippen LogP contribution in [-0.4, -0.2) is 46.3 Å². The van der Waals surface area contributed by atoms with Gasteiger partial charge in [-0.25, -0.2) is 0 Å². The fraction of sp³-hybridized carbons (Fsp3) is 0.212. The number of hydrogen-bond acceptors (Lipinski definition) is 8. The van der Waals surface area contributed by atoms with E-state index in [-0.39, 0.29) is 35.8 Å². The Bertz CT molecular complexity index is 1600. The highest BCUT2D eigenvalue weighted by molar-refractivity contribution is 6.20. The molecular formula is C33H30O8. The molecule has 0 radical (unpaired) electrons. The minimum atomic E-state index is -1.91. The molecule has 8 nitrogen and oxygen atoms in total. The fourth-order valence-electron chi connectivity index (χ4n) is 5.00. The third-order valence-electron chi connectivity index (χ3n) is 7.07. The molecule has 0 aliphatic carbocycles. The van der Waals surface area contributed by atoms with E-state index in [1.54, 1.807) is 30.3 Å². The average Bonchev–Trinajstić information content (AvgIpc) is 3.02. The molecule has 1 atom stereocenters. The molecule has 1 heterocycles. The van der Waals surface area contributed by atoms with E-state index in [2.05, 4.69) is 30.8 Å². The van der Waals surface area contributed by atoms with Gasteiger partial charge in [0.2, 0.25) is 0 Å². The third-order valence-corrected chi connectivity index (χ3v) is 7.07. The highest BCUT2D eigenvalue weighted by atomic mass is 16.5. The van der Waals surface area contributed by atoms with Gasteiger partial charge in [0.05, 0.1) is 32.5 Å². The Hall–Kier alpha value is -4.98. The van der Waals surface area contributed by atoms with E-state index in [9.17, 15) is 9.59 Å². The summed E-state index contributed by atoms with van der Waals surface area (Å²) in [5.41, 5.74) is -0.526. The van der Waals surface area contributed by atoms with E-state index in [1.165, 1.54) is 27.4 Å². The summed E-state index contributed by atoms with van der Waals surface area (Å²) in [5, 5.41) is 2.27. The monoisotopic (exact) mass is 554 g/mol. The van der Waals surface area contributed by atoms with Gasteiger partial charge < -0.3 is 28.4 Å². The van der Waals surface area contributed by atoms with Crippen LogP contribution in [0.15, 0.2) is 85.5 Å². The number of carbonyl (C=O) groups is 2. The predicted molar refractivity (Wildman–Crippen MR) is 153 cm³/mol. The summed E-state index contributed by atoms with van der Waals surface area (Å²) in [7, 11) is 4.36.